The number of nitrogens with one attached hydrogen (secondary N) is 1. The number of anilines is 1. The van der Waals surface area contributed by atoms with E-state index in [1.54, 1.807) is 36.9 Å². The predicted molar refractivity (Wildman–Crippen MR) is 158 cm³/mol. The molecule has 0 atom stereocenters. The van der Waals surface area contributed by atoms with Gasteiger partial charge in [0.1, 0.15) is 0 Å². The summed E-state index contributed by atoms with van der Waals surface area (Å²) in [5.74, 6) is -0.539. The van der Waals surface area contributed by atoms with Crippen LogP contribution in [0.3, 0.4) is 0 Å². The Balaban J connectivity index is 1.81. The van der Waals surface area contributed by atoms with Gasteiger partial charge in [-0.15, -0.1) is 0 Å². The molecule has 4 rings (SSSR count). The van der Waals surface area contributed by atoms with Crippen molar-refractivity contribution in [3.8, 4) is 5.88 Å². The lowest BCUT2D eigenvalue weighted by Crippen LogP contribution is -2.35. The first-order chi connectivity index (χ1) is 18.7. The molecule has 0 aliphatic rings. The second kappa shape index (κ2) is 12.3. The highest BCUT2D eigenvalue weighted by molar-refractivity contribution is 9.10. The topological polar surface area (TPSA) is 98.2 Å². The van der Waals surface area contributed by atoms with Crippen molar-refractivity contribution in [1.29, 1.82) is 0 Å². The molecule has 0 bridgehead atoms. The number of amides is 1. The standard InChI is InChI=1S/C30H31BrN4O4/c1-5-39-30(38)21-11-13-23-25(17-21)33-29(37)27(23)28(20-9-7-6-8-10-20)32-22-12-14-26(24(31)18-22)35(19(2)36)16-15-34(3)4/h6-14,17-18,33,37H,5,15-16H2,1-4H3. The monoisotopic (exact) mass is 590 g/mol. The summed E-state index contributed by atoms with van der Waals surface area (Å²) in [7, 11) is 3.93. The van der Waals surface area contributed by atoms with E-state index in [2.05, 4.69) is 20.9 Å². The van der Waals surface area contributed by atoms with Gasteiger partial charge < -0.3 is 24.6 Å². The molecule has 0 unspecified atom stereocenters. The number of ether oxygens (including phenoxy) is 1. The van der Waals surface area contributed by atoms with Gasteiger partial charge in [-0.05, 0) is 67.3 Å². The van der Waals surface area contributed by atoms with Crippen LogP contribution in [-0.2, 0) is 9.53 Å². The molecule has 9 heteroatoms. The van der Waals surface area contributed by atoms with Gasteiger partial charge in [0.05, 0.1) is 34.8 Å². The number of rotatable bonds is 9. The number of hydrogen-bond donors (Lipinski definition) is 2. The van der Waals surface area contributed by atoms with E-state index in [0.717, 1.165) is 22.3 Å². The molecule has 0 fully saturated rings. The second-order valence-electron chi connectivity index (χ2n) is 9.27. The number of likely N-dealkylation sites (N-methyl/N-ethyl adjacent to an activating group) is 1. The third kappa shape index (κ3) is 6.38. The minimum Gasteiger partial charge on any atom is -0.494 e. The summed E-state index contributed by atoms with van der Waals surface area (Å²) in [6, 6.07) is 20.3. The fourth-order valence-electron chi connectivity index (χ4n) is 4.29. The van der Waals surface area contributed by atoms with Crippen molar-refractivity contribution in [2.75, 3.05) is 38.7 Å². The number of aromatic amines is 1. The highest BCUT2D eigenvalue weighted by Gasteiger charge is 2.21. The van der Waals surface area contributed by atoms with Gasteiger partial charge in [-0.3, -0.25) is 4.79 Å². The zero-order valence-corrected chi connectivity index (χ0v) is 23.9. The smallest absolute Gasteiger partial charge is 0.338 e. The SMILES string of the molecule is CCOC(=O)c1ccc2c(C(=Nc3ccc(N(CCN(C)C)C(C)=O)c(Br)c3)c3ccccc3)c(O)[nH]c2c1. The van der Waals surface area contributed by atoms with Crippen molar-refractivity contribution in [3.05, 3.63) is 87.9 Å². The van der Waals surface area contributed by atoms with Crippen LogP contribution in [0, 0.1) is 0 Å². The lowest BCUT2D eigenvalue weighted by Gasteiger charge is -2.24. The van der Waals surface area contributed by atoms with Crippen LogP contribution in [0.1, 0.15) is 35.3 Å². The maximum Gasteiger partial charge on any atom is 0.338 e. The molecule has 1 aromatic heterocycles. The lowest BCUT2D eigenvalue weighted by atomic mass is 10.00. The van der Waals surface area contributed by atoms with Gasteiger partial charge in [0.25, 0.3) is 0 Å². The predicted octanol–water partition coefficient (Wildman–Crippen LogP) is 5.90. The van der Waals surface area contributed by atoms with Gasteiger partial charge in [0.15, 0.2) is 5.88 Å². The minimum absolute atomic E-state index is 0.0512. The molecule has 1 amide bonds. The molecule has 0 radical (unpaired) electrons. The average molecular weight is 592 g/mol. The maximum absolute atomic E-state index is 12.4. The van der Waals surface area contributed by atoms with Crippen molar-refractivity contribution < 1.29 is 19.4 Å². The van der Waals surface area contributed by atoms with Crippen LogP contribution in [0.5, 0.6) is 5.88 Å². The molecule has 202 valence electrons. The van der Waals surface area contributed by atoms with Crippen LogP contribution < -0.4 is 4.90 Å². The molecule has 0 aliphatic carbocycles. The van der Waals surface area contributed by atoms with E-state index in [0.29, 0.717) is 40.0 Å². The van der Waals surface area contributed by atoms with E-state index in [-0.39, 0.29) is 18.4 Å². The number of aromatic hydroxyl groups is 1. The second-order valence-corrected chi connectivity index (χ2v) is 10.1. The lowest BCUT2D eigenvalue weighted by molar-refractivity contribution is -0.116. The summed E-state index contributed by atoms with van der Waals surface area (Å²) in [5.41, 5.74) is 4.25. The van der Waals surface area contributed by atoms with E-state index in [1.807, 2.05) is 67.5 Å². The van der Waals surface area contributed by atoms with E-state index in [1.165, 1.54) is 0 Å². The number of fused-ring (bicyclic) bond motifs is 1. The zero-order valence-electron chi connectivity index (χ0n) is 22.4. The van der Waals surface area contributed by atoms with E-state index < -0.39 is 5.97 Å². The third-order valence-electron chi connectivity index (χ3n) is 6.19. The number of carbonyl (C=O) groups is 2. The number of nitrogens with zero attached hydrogens (tertiary/aromatic N) is 3. The van der Waals surface area contributed by atoms with Crippen LogP contribution >= 0.6 is 15.9 Å². The first kappa shape index (κ1) is 28.1. The van der Waals surface area contributed by atoms with Crippen LogP contribution in [-0.4, -0.2) is 66.4 Å². The van der Waals surface area contributed by atoms with Gasteiger partial charge in [-0.2, -0.15) is 0 Å². The Labute approximate surface area is 236 Å². The van der Waals surface area contributed by atoms with Crippen molar-refractivity contribution in [3.63, 3.8) is 0 Å². The molecule has 0 spiro atoms. The van der Waals surface area contributed by atoms with E-state index >= 15 is 0 Å². The fourth-order valence-corrected chi connectivity index (χ4v) is 4.87. The molecular formula is C30H31BrN4O4. The number of H-pyrrole nitrogens is 1. The normalized spacial score (nSPS) is 11.7. The van der Waals surface area contributed by atoms with Crippen molar-refractivity contribution in [1.82, 2.24) is 9.88 Å². The molecule has 39 heavy (non-hydrogen) atoms. The number of carbonyl (C=O) groups excluding carboxylic acids is 2. The number of benzene rings is 3. The Morgan fingerprint density at radius 2 is 1.74 bits per heavy atom. The zero-order chi connectivity index (χ0) is 28.1. The first-order valence-electron chi connectivity index (χ1n) is 12.6. The Morgan fingerprint density at radius 3 is 2.38 bits per heavy atom. The van der Waals surface area contributed by atoms with Crippen LogP contribution in [0.2, 0.25) is 0 Å². The van der Waals surface area contributed by atoms with Crippen LogP contribution in [0.25, 0.3) is 10.9 Å². The Hall–Kier alpha value is -3.95. The largest absolute Gasteiger partial charge is 0.494 e. The van der Waals surface area contributed by atoms with Crippen molar-refractivity contribution in [2.45, 2.75) is 13.8 Å². The number of aromatic nitrogens is 1. The molecule has 0 saturated heterocycles. The number of esters is 1. The quantitative estimate of drug-likeness (QED) is 0.187. The summed E-state index contributed by atoms with van der Waals surface area (Å²) in [5, 5.41) is 11.7. The first-order valence-corrected chi connectivity index (χ1v) is 13.4. The Bertz CT molecular complexity index is 1530. The summed E-state index contributed by atoms with van der Waals surface area (Å²) in [6.45, 7) is 4.85. The summed E-state index contributed by atoms with van der Waals surface area (Å²) < 4.78 is 5.85. The van der Waals surface area contributed by atoms with Gasteiger partial charge in [0.2, 0.25) is 5.91 Å². The van der Waals surface area contributed by atoms with Gasteiger partial charge in [-0.1, -0.05) is 36.4 Å². The molecule has 1 heterocycles. The average Bonchev–Trinajstić information content (AvgIpc) is 3.23. The third-order valence-corrected chi connectivity index (χ3v) is 6.82. The van der Waals surface area contributed by atoms with Gasteiger partial charge >= 0.3 is 5.97 Å². The van der Waals surface area contributed by atoms with Crippen molar-refractivity contribution in [2.24, 2.45) is 4.99 Å². The minimum atomic E-state index is -0.429. The maximum atomic E-state index is 12.4. The molecule has 8 nitrogen and oxygen atoms in total. The molecule has 0 aliphatic heterocycles. The number of aliphatic imine (C=N–C) groups is 1. The molecule has 4 aromatic rings. The molecule has 0 saturated carbocycles. The van der Waals surface area contributed by atoms with Crippen LogP contribution in [0.15, 0.2) is 76.2 Å². The number of halogens is 1. The van der Waals surface area contributed by atoms with Gasteiger partial charge in [0, 0.05) is 41.0 Å². The highest BCUT2D eigenvalue weighted by atomic mass is 79.9. The summed E-state index contributed by atoms with van der Waals surface area (Å²) in [4.78, 5) is 36.3. The molecule has 3 aromatic carbocycles. The van der Waals surface area contributed by atoms with E-state index in [4.69, 9.17) is 9.73 Å². The van der Waals surface area contributed by atoms with E-state index in [9.17, 15) is 14.7 Å². The van der Waals surface area contributed by atoms with Crippen LogP contribution in [0.4, 0.5) is 11.4 Å². The van der Waals surface area contributed by atoms with Crippen molar-refractivity contribution >= 4 is 55.8 Å². The highest BCUT2D eigenvalue weighted by Crippen LogP contribution is 2.35. The fraction of sp³-hybridized carbons (Fsp3) is 0.233. The number of hydrogen-bond acceptors (Lipinski definition) is 6. The molecular weight excluding hydrogens is 560 g/mol. The Kier molecular flexibility index (Phi) is 8.83. The molecule has 2 N–H and O–H groups in total. The Morgan fingerprint density at radius 1 is 1.00 bits per heavy atom. The summed E-state index contributed by atoms with van der Waals surface area (Å²) >= 11 is 3.63. The summed E-state index contributed by atoms with van der Waals surface area (Å²) in [6.07, 6.45) is 0. The van der Waals surface area contributed by atoms with Gasteiger partial charge in [-0.25, -0.2) is 9.79 Å².